The number of benzene rings is 1. The van der Waals surface area contributed by atoms with Crippen LogP contribution in [0.5, 0.6) is 0 Å². The van der Waals surface area contributed by atoms with E-state index in [1.165, 1.54) is 12.0 Å². The second-order valence-corrected chi connectivity index (χ2v) is 7.01. The zero-order valence-corrected chi connectivity index (χ0v) is 13.9. The van der Waals surface area contributed by atoms with E-state index in [1.807, 2.05) is 39.0 Å². The molecule has 4 nitrogen and oxygen atoms in total. The van der Waals surface area contributed by atoms with Gasteiger partial charge in [0.25, 0.3) is 0 Å². The standard InChI is InChI=1S/C18H28N2O2/c1-18(2,3)22-17(21)20-16-12-8-7-11-15(16)19-13-14-9-5-4-6-10-14/h4-6,9-10,15-16,19H,7-8,11-13H2,1-3H3,(H,20,21)/t15-,16-/m0/s1. The van der Waals surface area contributed by atoms with Crippen LogP contribution in [0.4, 0.5) is 4.79 Å². The topological polar surface area (TPSA) is 50.4 Å². The molecule has 0 radical (unpaired) electrons. The van der Waals surface area contributed by atoms with E-state index in [1.54, 1.807) is 0 Å². The summed E-state index contributed by atoms with van der Waals surface area (Å²) in [6.07, 6.45) is 4.15. The summed E-state index contributed by atoms with van der Waals surface area (Å²) in [6.45, 7) is 6.49. The molecule has 0 aromatic heterocycles. The fourth-order valence-corrected chi connectivity index (χ4v) is 2.85. The van der Waals surface area contributed by atoms with Crippen molar-refractivity contribution in [3.05, 3.63) is 35.9 Å². The maximum atomic E-state index is 12.0. The van der Waals surface area contributed by atoms with E-state index in [4.69, 9.17) is 4.74 Å². The van der Waals surface area contributed by atoms with E-state index < -0.39 is 5.60 Å². The number of rotatable bonds is 4. The van der Waals surface area contributed by atoms with Crippen LogP contribution in [0.25, 0.3) is 0 Å². The van der Waals surface area contributed by atoms with Crippen molar-refractivity contribution in [1.29, 1.82) is 0 Å². The van der Waals surface area contributed by atoms with E-state index in [0.29, 0.717) is 6.04 Å². The second-order valence-electron chi connectivity index (χ2n) is 7.01. The first kappa shape index (κ1) is 16.8. The lowest BCUT2D eigenvalue weighted by molar-refractivity contribution is 0.0479. The Hall–Kier alpha value is -1.55. The quantitative estimate of drug-likeness (QED) is 0.893. The predicted molar refractivity (Wildman–Crippen MR) is 88.7 cm³/mol. The van der Waals surface area contributed by atoms with Gasteiger partial charge in [-0.2, -0.15) is 0 Å². The summed E-state index contributed by atoms with van der Waals surface area (Å²) >= 11 is 0. The summed E-state index contributed by atoms with van der Waals surface area (Å²) in [5.41, 5.74) is 0.815. The molecule has 0 spiro atoms. The van der Waals surface area contributed by atoms with E-state index in [0.717, 1.165) is 25.8 Å². The molecule has 0 heterocycles. The average Bonchev–Trinajstić information content (AvgIpc) is 2.45. The number of ether oxygens (including phenoxy) is 1. The normalized spacial score (nSPS) is 22.1. The van der Waals surface area contributed by atoms with Gasteiger partial charge in [-0.15, -0.1) is 0 Å². The molecule has 2 rings (SSSR count). The first-order valence-electron chi connectivity index (χ1n) is 8.21. The summed E-state index contributed by atoms with van der Waals surface area (Å²) in [5.74, 6) is 0. The molecule has 0 saturated heterocycles. The molecule has 4 heteroatoms. The largest absolute Gasteiger partial charge is 0.444 e. The van der Waals surface area contributed by atoms with Gasteiger partial charge in [-0.1, -0.05) is 43.2 Å². The zero-order chi connectivity index (χ0) is 16.0. The molecule has 0 bridgehead atoms. The summed E-state index contributed by atoms with van der Waals surface area (Å²) < 4.78 is 5.37. The van der Waals surface area contributed by atoms with Crippen LogP contribution in [0.2, 0.25) is 0 Å². The number of nitrogens with one attached hydrogen (secondary N) is 2. The maximum absolute atomic E-state index is 12.0. The van der Waals surface area contributed by atoms with Crippen LogP contribution in [0.15, 0.2) is 30.3 Å². The van der Waals surface area contributed by atoms with Crippen molar-refractivity contribution in [1.82, 2.24) is 10.6 Å². The molecule has 1 aliphatic rings. The number of hydrogen-bond acceptors (Lipinski definition) is 3. The minimum atomic E-state index is -0.453. The van der Waals surface area contributed by atoms with Crippen LogP contribution in [0.3, 0.4) is 0 Å². The van der Waals surface area contributed by atoms with Crippen molar-refractivity contribution < 1.29 is 9.53 Å². The van der Waals surface area contributed by atoms with E-state index in [-0.39, 0.29) is 12.1 Å². The van der Waals surface area contributed by atoms with Crippen LogP contribution in [0.1, 0.15) is 52.0 Å². The molecule has 1 aromatic rings. The SMILES string of the molecule is CC(C)(C)OC(=O)N[C@H]1CCCC[C@@H]1NCc1ccccc1. The molecule has 0 unspecified atom stereocenters. The van der Waals surface area contributed by atoms with Crippen molar-refractivity contribution in [3.63, 3.8) is 0 Å². The third-order valence-corrected chi connectivity index (χ3v) is 3.88. The van der Waals surface area contributed by atoms with Gasteiger partial charge in [-0.3, -0.25) is 0 Å². The Kier molecular flexibility index (Phi) is 5.83. The molecule has 1 aromatic carbocycles. The zero-order valence-electron chi connectivity index (χ0n) is 13.9. The Morgan fingerprint density at radius 1 is 1.14 bits per heavy atom. The fourth-order valence-electron chi connectivity index (χ4n) is 2.85. The number of carbonyl (C=O) groups is 1. The predicted octanol–water partition coefficient (Wildman–Crippen LogP) is 3.61. The maximum Gasteiger partial charge on any atom is 0.407 e. The molecule has 1 amide bonds. The van der Waals surface area contributed by atoms with Gasteiger partial charge in [0.1, 0.15) is 5.60 Å². The van der Waals surface area contributed by atoms with Crippen LogP contribution >= 0.6 is 0 Å². The molecule has 1 saturated carbocycles. The van der Waals surface area contributed by atoms with Crippen LogP contribution < -0.4 is 10.6 Å². The number of alkyl carbamates (subject to hydrolysis) is 1. The fraction of sp³-hybridized carbons (Fsp3) is 0.611. The van der Waals surface area contributed by atoms with Crippen molar-refractivity contribution in [2.45, 2.75) is 70.7 Å². The van der Waals surface area contributed by atoms with Crippen LogP contribution in [-0.2, 0) is 11.3 Å². The Morgan fingerprint density at radius 2 is 1.77 bits per heavy atom. The minimum absolute atomic E-state index is 0.146. The smallest absolute Gasteiger partial charge is 0.407 e. The summed E-state index contributed by atoms with van der Waals surface area (Å²) in [6, 6.07) is 10.8. The summed E-state index contributed by atoms with van der Waals surface area (Å²) in [4.78, 5) is 12.0. The number of amides is 1. The van der Waals surface area contributed by atoms with E-state index in [9.17, 15) is 4.79 Å². The Bertz CT molecular complexity index is 468. The minimum Gasteiger partial charge on any atom is -0.444 e. The van der Waals surface area contributed by atoms with E-state index in [2.05, 4.69) is 22.8 Å². The third-order valence-electron chi connectivity index (χ3n) is 3.88. The highest BCUT2D eigenvalue weighted by atomic mass is 16.6. The Labute approximate surface area is 133 Å². The highest BCUT2D eigenvalue weighted by Crippen LogP contribution is 2.20. The summed E-state index contributed by atoms with van der Waals surface area (Å²) in [7, 11) is 0. The van der Waals surface area contributed by atoms with Gasteiger partial charge >= 0.3 is 6.09 Å². The van der Waals surface area contributed by atoms with Crippen LogP contribution in [0, 0.1) is 0 Å². The molecule has 2 N–H and O–H groups in total. The van der Waals surface area contributed by atoms with Gasteiger partial charge in [-0.05, 0) is 39.2 Å². The third kappa shape index (κ3) is 5.68. The van der Waals surface area contributed by atoms with Gasteiger partial charge in [0, 0.05) is 18.6 Å². The first-order chi connectivity index (χ1) is 10.4. The summed E-state index contributed by atoms with van der Waals surface area (Å²) in [5, 5.41) is 6.62. The first-order valence-corrected chi connectivity index (χ1v) is 8.21. The molecule has 1 fully saturated rings. The van der Waals surface area contributed by atoms with Gasteiger partial charge in [0.15, 0.2) is 0 Å². The molecule has 22 heavy (non-hydrogen) atoms. The highest BCUT2D eigenvalue weighted by molar-refractivity contribution is 5.68. The van der Waals surface area contributed by atoms with Crippen molar-refractivity contribution in [3.8, 4) is 0 Å². The van der Waals surface area contributed by atoms with Crippen molar-refractivity contribution in [2.75, 3.05) is 0 Å². The molecular formula is C18H28N2O2. The van der Waals surface area contributed by atoms with Gasteiger partial charge in [0.05, 0.1) is 0 Å². The van der Waals surface area contributed by atoms with Gasteiger partial charge in [0.2, 0.25) is 0 Å². The lowest BCUT2D eigenvalue weighted by Gasteiger charge is -2.33. The van der Waals surface area contributed by atoms with Gasteiger partial charge < -0.3 is 15.4 Å². The molecular weight excluding hydrogens is 276 g/mol. The lowest BCUT2D eigenvalue weighted by Crippen LogP contribution is -2.52. The molecule has 2 atom stereocenters. The molecule has 0 aliphatic heterocycles. The lowest BCUT2D eigenvalue weighted by atomic mass is 9.90. The highest BCUT2D eigenvalue weighted by Gasteiger charge is 2.27. The molecule has 122 valence electrons. The van der Waals surface area contributed by atoms with E-state index >= 15 is 0 Å². The average molecular weight is 304 g/mol. The van der Waals surface area contributed by atoms with Crippen molar-refractivity contribution in [2.24, 2.45) is 0 Å². The van der Waals surface area contributed by atoms with Gasteiger partial charge in [-0.25, -0.2) is 4.79 Å². The number of hydrogen-bond donors (Lipinski definition) is 2. The Balaban J connectivity index is 1.86. The van der Waals surface area contributed by atoms with Crippen LogP contribution in [-0.4, -0.2) is 23.8 Å². The second kappa shape index (κ2) is 7.63. The van der Waals surface area contributed by atoms with Crippen molar-refractivity contribution >= 4 is 6.09 Å². The Morgan fingerprint density at radius 3 is 2.41 bits per heavy atom. The number of carbonyl (C=O) groups excluding carboxylic acids is 1. The molecule has 1 aliphatic carbocycles. The monoisotopic (exact) mass is 304 g/mol.